The molecular formula is C53H66N10O9S. The summed E-state index contributed by atoms with van der Waals surface area (Å²) in [6.07, 6.45) is 8.51. The highest BCUT2D eigenvalue weighted by Crippen LogP contribution is 2.30. The van der Waals surface area contributed by atoms with Crippen molar-refractivity contribution in [2.24, 2.45) is 5.10 Å². The number of hydrogen-bond acceptors (Lipinski definition) is 15. The number of pyridine rings is 2. The Morgan fingerprint density at radius 1 is 0.726 bits per heavy atom. The number of anilines is 1. The Kier molecular flexibility index (Phi) is 22.4. The van der Waals surface area contributed by atoms with E-state index in [4.69, 9.17) is 23.9 Å². The molecule has 19 nitrogen and oxygen atoms in total. The quantitative estimate of drug-likeness (QED) is 0.0135. The summed E-state index contributed by atoms with van der Waals surface area (Å²) >= 11 is 0. The van der Waals surface area contributed by atoms with Crippen LogP contribution >= 0.6 is 0 Å². The maximum Gasteiger partial charge on any atom is 0.295 e. The monoisotopic (exact) mass is 1020 g/mol. The summed E-state index contributed by atoms with van der Waals surface area (Å²) in [7, 11) is -4.40. The Labute approximate surface area is 427 Å². The second-order valence-electron chi connectivity index (χ2n) is 17.6. The second-order valence-corrected chi connectivity index (χ2v) is 19.0. The van der Waals surface area contributed by atoms with Crippen LogP contribution in [0, 0.1) is 0 Å². The number of carbonyl (C=O) groups excluding carboxylic acids is 2. The third-order valence-corrected chi connectivity index (χ3v) is 12.3. The predicted octanol–water partition coefficient (Wildman–Crippen LogP) is 7.56. The first-order valence-electron chi connectivity index (χ1n) is 24.6. The third-order valence-electron chi connectivity index (χ3n) is 11.4. The number of unbranched alkanes of at least 4 members (excludes halogenated alkanes) is 2. The van der Waals surface area contributed by atoms with Gasteiger partial charge in [-0.3, -0.25) is 19.6 Å². The number of amides is 2. The van der Waals surface area contributed by atoms with Crippen LogP contribution in [0.5, 0.6) is 5.88 Å². The summed E-state index contributed by atoms with van der Waals surface area (Å²) in [4.78, 5) is 35.2. The van der Waals surface area contributed by atoms with E-state index in [1.807, 2.05) is 42.5 Å². The van der Waals surface area contributed by atoms with Crippen molar-refractivity contribution in [1.82, 2.24) is 40.8 Å². The molecule has 0 fully saturated rings. The molecule has 3 heterocycles. The van der Waals surface area contributed by atoms with Gasteiger partial charge >= 0.3 is 0 Å². The van der Waals surface area contributed by atoms with Gasteiger partial charge in [-0.2, -0.15) is 18.3 Å². The van der Waals surface area contributed by atoms with Gasteiger partial charge in [0.2, 0.25) is 11.8 Å². The SMILES string of the molecule is CC(C)(CCCCOc1cc(-c2ccccc2)cc(-c2ccccc2)n1)c1nnn(CCCCC(=O)NCCCOCCOCCOCCCNC(=O)c2ccc(N/N=C/c3ccccc3S(=O)(=O)O)nc2)n1. The molecule has 6 aromatic rings. The van der Waals surface area contributed by atoms with Gasteiger partial charge in [0.1, 0.15) is 10.7 Å². The number of aryl methyl sites for hydroxylation is 1. The molecule has 2 amide bonds. The van der Waals surface area contributed by atoms with Crippen molar-refractivity contribution in [3.63, 3.8) is 0 Å². The smallest absolute Gasteiger partial charge is 0.295 e. The van der Waals surface area contributed by atoms with Crippen LogP contribution < -0.4 is 20.8 Å². The molecule has 0 aliphatic carbocycles. The summed E-state index contributed by atoms with van der Waals surface area (Å²) < 4.78 is 55.4. The molecule has 0 aliphatic rings. The van der Waals surface area contributed by atoms with Crippen LogP contribution in [0.25, 0.3) is 22.4 Å². The van der Waals surface area contributed by atoms with Gasteiger partial charge in [0.25, 0.3) is 16.0 Å². The second kappa shape index (κ2) is 29.5. The molecule has 0 saturated carbocycles. The lowest BCUT2D eigenvalue weighted by Crippen LogP contribution is -2.25. The fraction of sp³-hybridized carbons (Fsp3) is 0.396. The summed E-state index contributed by atoms with van der Waals surface area (Å²) in [6, 6.07) is 33.5. The minimum absolute atomic E-state index is 0.00644. The van der Waals surface area contributed by atoms with Crippen LogP contribution in [-0.2, 0) is 41.1 Å². The average molecular weight is 1020 g/mol. The largest absolute Gasteiger partial charge is 0.478 e. The van der Waals surface area contributed by atoms with E-state index in [0.717, 1.165) is 48.1 Å². The number of nitrogens with zero attached hydrogens (tertiary/aromatic N) is 7. The first kappa shape index (κ1) is 55.3. The molecule has 0 radical (unpaired) electrons. The minimum atomic E-state index is -4.40. The Morgan fingerprint density at radius 3 is 2.10 bits per heavy atom. The van der Waals surface area contributed by atoms with Crippen molar-refractivity contribution < 1.29 is 41.5 Å². The van der Waals surface area contributed by atoms with E-state index in [2.05, 4.69) is 85.7 Å². The highest BCUT2D eigenvalue weighted by Gasteiger charge is 2.26. The van der Waals surface area contributed by atoms with E-state index in [9.17, 15) is 22.6 Å². The van der Waals surface area contributed by atoms with Crippen LogP contribution in [0.3, 0.4) is 0 Å². The van der Waals surface area contributed by atoms with Gasteiger partial charge in [0.05, 0.1) is 57.1 Å². The summed E-state index contributed by atoms with van der Waals surface area (Å²) in [5.41, 5.74) is 7.06. The van der Waals surface area contributed by atoms with Gasteiger partial charge in [-0.15, -0.1) is 10.2 Å². The van der Waals surface area contributed by atoms with Gasteiger partial charge in [0.15, 0.2) is 5.82 Å². The number of hydrazone groups is 1. The topological polar surface area (TPSA) is 243 Å². The van der Waals surface area contributed by atoms with Crippen molar-refractivity contribution in [2.75, 3.05) is 64.8 Å². The molecule has 73 heavy (non-hydrogen) atoms. The van der Waals surface area contributed by atoms with Crippen molar-refractivity contribution in [3.05, 3.63) is 132 Å². The molecule has 0 aliphatic heterocycles. The molecule has 0 atom stereocenters. The maximum absolute atomic E-state index is 12.5. The van der Waals surface area contributed by atoms with Gasteiger partial charge < -0.3 is 29.6 Å². The zero-order valence-corrected chi connectivity index (χ0v) is 42.3. The molecule has 388 valence electrons. The highest BCUT2D eigenvalue weighted by atomic mass is 32.2. The fourth-order valence-corrected chi connectivity index (χ4v) is 8.00. The number of hydrogen-bond donors (Lipinski definition) is 4. The Bertz CT molecular complexity index is 2690. The molecule has 0 bridgehead atoms. The van der Waals surface area contributed by atoms with Gasteiger partial charge in [-0.1, -0.05) is 92.7 Å². The molecular weight excluding hydrogens is 953 g/mol. The molecule has 3 aromatic heterocycles. The van der Waals surface area contributed by atoms with Crippen molar-refractivity contribution in [2.45, 2.75) is 82.1 Å². The first-order chi connectivity index (χ1) is 35.4. The Balaban J connectivity index is 0.718. The van der Waals surface area contributed by atoms with E-state index < -0.39 is 10.1 Å². The minimum Gasteiger partial charge on any atom is -0.478 e. The number of tetrazole rings is 1. The first-order valence-corrected chi connectivity index (χ1v) is 26.0. The van der Waals surface area contributed by atoms with Crippen LogP contribution in [-0.4, -0.2) is 121 Å². The predicted molar refractivity (Wildman–Crippen MR) is 278 cm³/mol. The summed E-state index contributed by atoms with van der Waals surface area (Å²) in [5, 5.41) is 23.0. The van der Waals surface area contributed by atoms with E-state index in [-0.39, 0.29) is 27.7 Å². The number of ether oxygens (including phenoxy) is 4. The lowest BCUT2D eigenvalue weighted by Gasteiger charge is -2.20. The molecule has 4 N–H and O–H groups in total. The van der Waals surface area contributed by atoms with Crippen molar-refractivity contribution in [3.8, 4) is 28.3 Å². The molecule has 20 heteroatoms. The number of aromatic nitrogens is 6. The molecule has 0 unspecified atom stereocenters. The zero-order chi connectivity index (χ0) is 51.6. The Morgan fingerprint density at radius 2 is 1.40 bits per heavy atom. The third kappa shape index (κ3) is 19.5. The van der Waals surface area contributed by atoms with Crippen molar-refractivity contribution in [1.29, 1.82) is 0 Å². The van der Waals surface area contributed by atoms with Crippen LogP contribution in [0.4, 0.5) is 5.82 Å². The normalized spacial score (nSPS) is 11.7. The standard InChI is InChI=1S/C53H66N10O9S/c1-53(2,26-12-14-32-72-50-38-45(41-17-5-3-6-18-41)37-46(58-50)42-19-7-4-8-20-42)52-60-62-63(61-52)29-13-11-23-49(64)54-27-15-30-69-33-35-71-36-34-70-31-16-28-55-51(65)44-24-25-48(56-39-44)59-57-40-43-21-9-10-22-47(43)73(66,67)68/h3-10,17-22,24-25,37-40H,11-16,23,26-36H2,1-2H3,(H,54,64)(H,55,65)(H,56,59)(H,66,67,68)/b57-40+. The average Bonchev–Trinajstić information content (AvgIpc) is 3.89. The highest BCUT2D eigenvalue weighted by molar-refractivity contribution is 7.86. The van der Waals surface area contributed by atoms with Gasteiger partial charge in [-0.05, 0) is 85.6 Å². The van der Waals surface area contributed by atoms with E-state index in [1.165, 1.54) is 30.6 Å². The van der Waals surface area contributed by atoms with E-state index >= 15 is 0 Å². The van der Waals surface area contributed by atoms with Crippen LogP contribution in [0.15, 0.2) is 125 Å². The lowest BCUT2D eigenvalue weighted by atomic mass is 9.86. The summed E-state index contributed by atoms with van der Waals surface area (Å²) in [6.45, 7) is 9.02. The van der Waals surface area contributed by atoms with Crippen LogP contribution in [0.2, 0.25) is 0 Å². The lowest BCUT2D eigenvalue weighted by molar-refractivity contribution is -0.121. The zero-order valence-electron chi connectivity index (χ0n) is 41.5. The summed E-state index contributed by atoms with van der Waals surface area (Å²) in [5.74, 6) is 1.37. The molecule has 0 spiro atoms. The number of carbonyl (C=O) groups is 2. The Hall–Kier alpha value is -6.97. The molecule has 6 rings (SSSR count). The van der Waals surface area contributed by atoms with Gasteiger partial charge in [0, 0.05) is 61.5 Å². The van der Waals surface area contributed by atoms with Crippen molar-refractivity contribution >= 4 is 34.0 Å². The molecule has 3 aromatic carbocycles. The number of benzene rings is 3. The van der Waals surface area contributed by atoms with Gasteiger partial charge in [-0.25, -0.2) is 9.97 Å². The number of nitrogens with one attached hydrogen (secondary N) is 3. The van der Waals surface area contributed by atoms with E-state index in [0.29, 0.717) is 115 Å². The maximum atomic E-state index is 12.5. The number of rotatable bonds is 33. The van der Waals surface area contributed by atoms with E-state index in [1.54, 1.807) is 23.0 Å². The fourth-order valence-electron chi connectivity index (χ4n) is 7.33. The van der Waals surface area contributed by atoms with Crippen LogP contribution in [0.1, 0.15) is 87.0 Å². The molecule has 0 saturated heterocycles.